The van der Waals surface area contributed by atoms with E-state index in [-0.39, 0.29) is 0 Å². The van der Waals surface area contributed by atoms with Gasteiger partial charge in [-0.25, -0.2) is 4.98 Å². The minimum atomic E-state index is 0.611. The number of benzene rings is 3. The van der Waals surface area contributed by atoms with E-state index in [0.29, 0.717) is 11.4 Å². The predicted octanol–water partition coefficient (Wildman–Crippen LogP) is 7.61. The minimum Gasteiger partial charge on any atom is -0.342 e. The molecule has 0 radical (unpaired) electrons. The van der Waals surface area contributed by atoms with Crippen molar-refractivity contribution in [2.24, 2.45) is 0 Å². The first kappa shape index (κ1) is 19.9. The third kappa shape index (κ3) is 4.11. The molecule has 0 saturated heterocycles. The molecule has 5 aromatic rings. The summed E-state index contributed by atoms with van der Waals surface area (Å²) in [6, 6.07) is 26.5. The minimum absolute atomic E-state index is 0.611. The van der Waals surface area contributed by atoms with Gasteiger partial charge in [-0.2, -0.15) is 5.26 Å². The van der Waals surface area contributed by atoms with Gasteiger partial charge in [-0.15, -0.1) is 11.3 Å². The number of nitriles is 1. The number of hydrogen-bond donors (Lipinski definition) is 0. The maximum Gasteiger partial charge on any atom is 0.156 e. The summed E-state index contributed by atoms with van der Waals surface area (Å²) in [4.78, 5) is 5.26. The Bertz CT molecular complexity index is 1440. The van der Waals surface area contributed by atoms with Crippen molar-refractivity contribution in [3.63, 3.8) is 0 Å². The second kappa shape index (κ2) is 8.60. The molecule has 0 atom stereocenters. The molecular weight excluding hydrogens is 442 g/mol. The molecule has 0 aliphatic heterocycles. The van der Waals surface area contributed by atoms with Crippen molar-refractivity contribution >= 4 is 61.9 Å². The summed E-state index contributed by atoms with van der Waals surface area (Å²) in [5.74, 6) is 0. The number of thioether (sulfide) groups is 1. The summed E-state index contributed by atoms with van der Waals surface area (Å²) in [6.45, 7) is 0.668. The zero-order chi connectivity index (χ0) is 21.2. The van der Waals surface area contributed by atoms with Crippen molar-refractivity contribution < 1.29 is 0 Å². The van der Waals surface area contributed by atoms with Crippen LogP contribution in [0.4, 0.5) is 0 Å². The molecule has 150 valence electrons. The Hall–Kier alpha value is -3.04. The van der Waals surface area contributed by atoms with Gasteiger partial charge in [0, 0.05) is 34.2 Å². The molecule has 0 amide bonds. The van der Waals surface area contributed by atoms with E-state index >= 15 is 0 Å². The fraction of sp³-hybridized carbons (Fsp3) is 0.0400. The highest BCUT2D eigenvalue weighted by Crippen LogP contribution is 2.35. The van der Waals surface area contributed by atoms with Crippen molar-refractivity contribution in [2.45, 2.75) is 10.9 Å². The summed E-state index contributed by atoms with van der Waals surface area (Å²) in [5, 5.41) is 11.6. The van der Waals surface area contributed by atoms with Crippen molar-refractivity contribution in [3.8, 4) is 6.07 Å². The Kier molecular flexibility index (Phi) is 5.52. The van der Waals surface area contributed by atoms with Crippen LogP contribution in [0.25, 0.3) is 27.2 Å². The molecule has 0 fully saturated rings. The molecule has 0 bridgehead atoms. The largest absolute Gasteiger partial charge is 0.342 e. The second-order valence-corrected chi connectivity index (χ2v) is 9.72. The van der Waals surface area contributed by atoms with Crippen LogP contribution in [0.5, 0.6) is 0 Å². The van der Waals surface area contributed by atoms with Gasteiger partial charge >= 0.3 is 0 Å². The van der Waals surface area contributed by atoms with Gasteiger partial charge in [0.25, 0.3) is 0 Å². The fourth-order valence-electron chi connectivity index (χ4n) is 3.55. The first-order valence-corrected chi connectivity index (χ1v) is 11.7. The molecule has 0 aliphatic carbocycles. The number of aromatic nitrogens is 2. The van der Waals surface area contributed by atoms with Gasteiger partial charge in [0.05, 0.1) is 15.1 Å². The average Bonchev–Trinajstić information content (AvgIpc) is 3.36. The van der Waals surface area contributed by atoms with E-state index in [1.54, 1.807) is 11.3 Å². The monoisotopic (exact) mass is 457 g/mol. The number of thiazole rings is 1. The van der Waals surface area contributed by atoms with Crippen LogP contribution in [0.15, 0.2) is 88.2 Å². The van der Waals surface area contributed by atoms with Gasteiger partial charge in [0.15, 0.2) is 4.34 Å². The van der Waals surface area contributed by atoms with Gasteiger partial charge < -0.3 is 4.57 Å². The van der Waals surface area contributed by atoms with E-state index in [2.05, 4.69) is 40.0 Å². The molecule has 5 rings (SSSR count). The summed E-state index contributed by atoms with van der Waals surface area (Å²) < 4.78 is 4.17. The zero-order valence-electron chi connectivity index (χ0n) is 16.3. The normalized spacial score (nSPS) is 11.8. The Labute approximate surface area is 193 Å². The van der Waals surface area contributed by atoms with Crippen LogP contribution in [-0.4, -0.2) is 9.55 Å². The summed E-state index contributed by atoms with van der Waals surface area (Å²) in [5.41, 5.74) is 4.14. The SMILES string of the molecule is N#CC(=Cc1cn(Cc2ccccc2Cl)c2ccccc12)Sc1nc2ccccc2s1. The Morgan fingerprint density at radius 1 is 1.06 bits per heavy atom. The highest BCUT2D eigenvalue weighted by Gasteiger charge is 2.12. The van der Waals surface area contributed by atoms with Crippen LogP contribution in [0.3, 0.4) is 0 Å². The maximum atomic E-state index is 9.79. The summed E-state index contributed by atoms with van der Waals surface area (Å²) in [6.07, 6.45) is 4.03. The molecule has 31 heavy (non-hydrogen) atoms. The molecule has 3 aromatic carbocycles. The first-order valence-electron chi connectivity index (χ1n) is 9.68. The molecule has 0 spiro atoms. The summed E-state index contributed by atoms with van der Waals surface area (Å²) >= 11 is 9.40. The molecule has 2 heterocycles. The molecule has 2 aromatic heterocycles. The highest BCUT2D eigenvalue weighted by atomic mass is 35.5. The van der Waals surface area contributed by atoms with Crippen molar-refractivity contribution in [1.82, 2.24) is 9.55 Å². The van der Waals surface area contributed by atoms with Crippen LogP contribution in [0.1, 0.15) is 11.1 Å². The lowest BCUT2D eigenvalue weighted by atomic mass is 10.1. The molecular formula is C25H16ClN3S2. The van der Waals surface area contributed by atoms with Crippen LogP contribution in [0, 0.1) is 11.3 Å². The van der Waals surface area contributed by atoms with E-state index in [0.717, 1.165) is 41.6 Å². The first-order chi connectivity index (χ1) is 15.2. The quantitative estimate of drug-likeness (QED) is 0.201. The van der Waals surface area contributed by atoms with E-state index in [4.69, 9.17) is 11.6 Å². The number of para-hydroxylation sites is 2. The van der Waals surface area contributed by atoms with Gasteiger partial charge in [-0.1, -0.05) is 60.1 Å². The van der Waals surface area contributed by atoms with Gasteiger partial charge in [-0.3, -0.25) is 0 Å². The van der Waals surface area contributed by atoms with E-state index in [1.807, 2.05) is 60.7 Å². The number of allylic oxidation sites excluding steroid dienone is 1. The van der Waals surface area contributed by atoms with Crippen LogP contribution >= 0.6 is 34.7 Å². The summed E-state index contributed by atoms with van der Waals surface area (Å²) in [7, 11) is 0. The van der Waals surface area contributed by atoms with Crippen LogP contribution < -0.4 is 0 Å². The highest BCUT2D eigenvalue weighted by molar-refractivity contribution is 8.05. The van der Waals surface area contributed by atoms with Gasteiger partial charge in [0.2, 0.25) is 0 Å². The molecule has 3 nitrogen and oxygen atoms in total. The standard InChI is InChI=1S/C25H16ClN3S2/c26-21-9-3-1-7-17(21)15-29-16-18(20-8-2-5-11-23(20)29)13-19(14-27)30-25-28-22-10-4-6-12-24(22)31-25/h1-13,16H,15H2. The van der Waals surface area contributed by atoms with Crippen molar-refractivity contribution in [2.75, 3.05) is 0 Å². The average molecular weight is 458 g/mol. The molecule has 6 heteroatoms. The lowest BCUT2D eigenvalue weighted by molar-refractivity contribution is 0.836. The van der Waals surface area contributed by atoms with E-state index in [1.165, 1.54) is 11.8 Å². The zero-order valence-corrected chi connectivity index (χ0v) is 18.7. The van der Waals surface area contributed by atoms with E-state index in [9.17, 15) is 5.26 Å². The van der Waals surface area contributed by atoms with Crippen LogP contribution in [-0.2, 0) is 6.54 Å². The molecule has 0 unspecified atom stereocenters. The van der Waals surface area contributed by atoms with Crippen molar-refractivity contribution in [3.05, 3.63) is 100 Å². The third-order valence-corrected chi connectivity index (χ3v) is 7.38. The number of halogens is 1. The molecule has 0 aliphatic rings. The number of rotatable bonds is 5. The third-order valence-electron chi connectivity index (χ3n) is 4.99. The van der Waals surface area contributed by atoms with Gasteiger partial charge in [0.1, 0.15) is 6.07 Å². The second-order valence-electron chi connectivity index (χ2n) is 6.99. The lowest BCUT2D eigenvalue weighted by Crippen LogP contribution is -1.98. The van der Waals surface area contributed by atoms with E-state index < -0.39 is 0 Å². The smallest absolute Gasteiger partial charge is 0.156 e. The van der Waals surface area contributed by atoms with Crippen molar-refractivity contribution in [1.29, 1.82) is 5.26 Å². The topological polar surface area (TPSA) is 41.6 Å². The number of fused-ring (bicyclic) bond motifs is 2. The van der Waals surface area contributed by atoms with Crippen LogP contribution in [0.2, 0.25) is 5.02 Å². The number of hydrogen-bond acceptors (Lipinski definition) is 4. The molecule has 0 N–H and O–H groups in total. The fourth-order valence-corrected chi connectivity index (χ4v) is 5.71. The Morgan fingerprint density at radius 3 is 2.68 bits per heavy atom. The predicted molar refractivity (Wildman–Crippen MR) is 132 cm³/mol. The number of nitrogens with zero attached hydrogens (tertiary/aromatic N) is 3. The molecule has 0 saturated carbocycles. The maximum absolute atomic E-state index is 9.79. The Balaban J connectivity index is 1.52. The lowest BCUT2D eigenvalue weighted by Gasteiger charge is -2.07. The van der Waals surface area contributed by atoms with Gasteiger partial charge in [-0.05, 0) is 47.7 Å². The Morgan fingerprint density at radius 2 is 1.84 bits per heavy atom.